The Morgan fingerprint density at radius 2 is 1.93 bits per heavy atom. The van der Waals surface area contributed by atoms with Gasteiger partial charge in [-0.2, -0.15) is 10.4 Å². The monoisotopic (exact) mass is 437 g/mol. The highest BCUT2D eigenvalue weighted by Crippen LogP contribution is 2.30. The number of aryl methyl sites for hydroxylation is 1. The van der Waals surface area contributed by atoms with Gasteiger partial charge in [0.1, 0.15) is 17.6 Å². The molecule has 2 heterocycles. The fourth-order valence-corrected chi connectivity index (χ4v) is 4.59. The molecule has 0 amide bonds. The molecule has 2 aromatic carbocycles. The van der Waals surface area contributed by atoms with Crippen LogP contribution in [-0.4, -0.2) is 23.2 Å². The molecule has 4 rings (SSSR count). The molecule has 30 heavy (non-hydrogen) atoms. The van der Waals surface area contributed by atoms with Gasteiger partial charge in [0.25, 0.3) is 10.0 Å². The van der Waals surface area contributed by atoms with Gasteiger partial charge in [0.15, 0.2) is 5.13 Å². The first-order valence-electron chi connectivity index (χ1n) is 8.69. The summed E-state index contributed by atoms with van der Waals surface area (Å²) in [5.74, 6) is 0.785. The fourth-order valence-electron chi connectivity index (χ4n) is 2.78. The van der Waals surface area contributed by atoms with Gasteiger partial charge < -0.3 is 4.74 Å². The highest BCUT2D eigenvalue weighted by Gasteiger charge is 2.18. The van der Waals surface area contributed by atoms with Gasteiger partial charge in [0.2, 0.25) is 0 Å². The van der Waals surface area contributed by atoms with E-state index in [0.29, 0.717) is 5.75 Å². The van der Waals surface area contributed by atoms with Crippen molar-refractivity contribution in [3.05, 3.63) is 71.9 Å². The number of thiazole rings is 1. The minimum absolute atomic E-state index is 0.0480. The molecule has 8 nitrogen and oxygen atoms in total. The van der Waals surface area contributed by atoms with Crippen LogP contribution in [0.1, 0.15) is 5.56 Å². The van der Waals surface area contributed by atoms with Gasteiger partial charge in [-0.15, -0.1) is 11.3 Å². The second kappa shape index (κ2) is 7.98. The van der Waals surface area contributed by atoms with Crippen molar-refractivity contribution in [2.75, 3.05) is 4.72 Å². The minimum Gasteiger partial charge on any atom is -0.456 e. The van der Waals surface area contributed by atoms with E-state index in [2.05, 4.69) is 14.8 Å². The summed E-state index contributed by atoms with van der Waals surface area (Å²) in [7, 11) is -2.00. The summed E-state index contributed by atoms with van der Waals surface area (Å²) >= 11 is 1.16. The molecule has 0 bridgehead atoms. The van der Waals surface area contributed by atoms with Crippen molar-refractivity contribution in [2.45, 2.75) is 4.90 Å². The molecule has 150 valence electrons. The Balaban J connectivity index is 1.56. The second-order valence-electron chi connectivity index (χ2n) is 6.18. The van der Waals surface area contributed by atoms with Crippen molar-refractivity contribution >= 4 is 26.5 Å². The standard InChI is InChI=1S/C20H15N5O3S2/c1-25-18(8-9-23-25)14-2-4-16(5-3-14)28-19-7-6-17(12-15(19)13-21)30(26,27)24-20-22-10-11-29-20/h2-12H,1H3,(H,22,24). The molecule has 0 saturated heterocycles. The lowest BCUT2D eigenvalue weighted by Crippen LogP contribution is -2.13. The van der Waals surface area contributed by atoms with Gasteiger partial charge in [-0.1, -0.05) is 0 Å². The highest BCUT2D eigenvalue weighted by atomic mass is 32.2. The Bertz CT molecular complexity index is 1320. The van der Waals surface area contributed by atoms with Gasteiger partial charge in [-0.3, -0.25) is 9.40 Å². The summed E-state index contributed by atoms with van der Waals surface area (Å²) < 4.78 is 35.0. The highest BCUT2D eigenvalue weighted by molar-refractivity contribution is 7.93. The summed E-state index contributed by atoms with van der Waals surface area (Å²) in [4.78, 5) is 3.86. The van der Waals surface area contributed by atoms with Crippen LogP contribution in [0.2, 0.25) is 0 Å². The lowest BCUT2D eigenvalue weighted by Gasteiger charge is -2.11. The molecular weight excluding hydrogens is 422 g/mol. The second-order valence-corrected chi connectivity index (χ2v) is 8.76. The van der Waals surface area contributed by atoms with Crippen LogP contribution in [0.4, 0.5) is 5.13 Å². The van der Waals surface area contributed by atoms with Crippen LogP contribution in [0.15, 0.2) is 71.2 Å². The van der Waals surface area contributed by atoms with E-state index in [-0.39, 0.29) is 21.3 Å². The average molecular weight is 438 g/mol. The number of nitrogens with zero attached hydrogens (tertiary/aromatic N) is 4. The maximum atomic E-state index is 12.5. The van der Waals surface area contributed by atoms with Crippen LogP contribution in [0, 0.1) is 11.3 Å². The number of ether oxygens (including phenoxy) is 1. The first-order valence-corrected chi connectivity index (χ1v) is 11.1. The van der Waals surface area contributed by atoms with Crippen LogP contribution < -0.4 is 9.46 Å². The molecular formula is C20H15N5O3S2. The molecule has 4 aromatic rings. The predicted octanol–water partition coefficient (Wildman–Crippen LogP) is 4.01. The van der Waals surface area contributed by atoms with Crippen LogP contribution >= 0.6 is 11.3 Å². The normalized spacial score (nSPS) is 11.1. The number of aromatic nitrogens is 3. The molecule has 2 aromatic heterocycles. The van der Waals surface area contributed by atoms with Crippen LogP contribution in [0.25, 0.3) is 11.3 Å². The summed E-state index contributed by atoms with van der Waals surface area (Å²) in [6.45, 7) is 0. The Morgan fingerprint density at radius 3 is 2.57 bits per heavy atom. The van der Waals surface area contributed by atoms with E-state index in [1.54, 1.807) is 28.4 Å². The predicted molar refractivity (Wildman–Crippen MR) is 113 cm³/mol. The first-order chi connectivity index (χ1) is 14.5. The van der Waals surface area contributed by atoms with E-state index in [0.717, 1.165) is 22.6 Å². The molecule has 0 aliphatic heterocycles. The number of benzene rings is 2. The quantitative estimate of drug-likeness (QED) is 0.488. The Kier molecular flexibility index (Phi) is 5.22. The number of rotatable bonds is 6. The van der Waals surface area contributed by atoms with Crippen molar-refractivity contribution in [3.8, 4) is 28.8 Å². The molecule has 0 atom stereocenters. The lowest BCUT2D eigenvalue weighted by molar-refractivity contribution is 0.480. The van der Waals surface area contributed by atoms with E-state index < -0.39 is 10.0 Å². The summed E-state index contributed by atoms with van der Waals surface area (Å²) in [5, 5.41) is 15.5. The number of sulfonamides is 1. The topological polar surface area (TPSA) is 110 Å². The molecule has 0 radical (unpaired) electrons. The molecule has 0 saturated carbocycles. The largest absolute Gasteiger partial charge is 0.456 e. The zero-order chi connectivity index (χ0) is 21.1. The lowest BCUT2D eigenvalue weighted by atomic mass is 10.1. The van der Waals surface area contributed by atoms with Crippen LogP contribution in [0.5, 0.6) is 11.5 Å². The molecule has 0 aliphatic rings. The zero-order valence-corrected chi connectivity index (χ0v) is 17.3. The Morgan fingerprint density at radius 1 is 1.13 bits per heavy atom. The van der Waals surface area contributed by atoms with Crippen molar-refractivity contribution in [1.29, 1.82) is 5.26 Å². The van der Waals surface area contributed by atoms with Crippen molar-refractivity contribution < 1.29 is 13.2 Å². The zero-order valence-electron chi connectivity index (χ0n) is 15.7. The maximum Gasteiger partial charge on any atom is 0.263 e. The van der Waals surface area contributed by atoms with E-state index in [1.807, 2.05) is 31.3 Å². The Labute approximate surface area is 177 Å². The minimum atomic E-state index is -3.86. The number of nitriles is 1. The smallest absolute Gasteiger partial charge is 0.263 e. The number of hydrogen-bond donors (Lipinski definition) is 1. The Hall–Kier alpha value is -3.68. The third kappa shape index (κ3) is 4.03. The molecule has 0 aliphatic carbocycles. The van der Waals surface area contributed by atoms with Gasteiger partial charge in [0.05, 0.1) is 16.2 Å². The molecule has 10 heteroatoms. The van der Waals surface area contributed by atoms with Crippen molar-refractivity contribution in [1.82, 2.24) is 14.8 Å². The number of nitrogens with one attached hydrogen (secondary N) is 1. The fraction of sp³-hybridized carbons (Fsp3) is 0.0500. The van der Waals surface area contributed by atoms with Crippen LogP contribution in [0.3, 0.4) is 0 Å². The molecule has 0 spiro atoms. The van der Waals surface area contributed by atoms with Gasteiger partial charge >= 0.3 is 0 Å². The van der Waals surface area contributed by atoms with Gasteiger partial charge in [0, 0.05) is 30.4 Å². The third-order valence-corrected chi connectivity index (χ3v) is 6.39. The SMILES string of the molecule is Cn1nccc1-c1ccc(Oc2ccc(S(=O)(=O)Nc3nccs3)cc2C#N)cc1. The molecule has 0 fully saturated rings. The molecule has 1 N–H and O–H groups in total. The van der Waals surface area contributed by atoms with E-state index in [4.69, 9.17) is 4.74 Å². The van der Waals surface area contributed by atoms with E-state index >= 15 is 0 Å². The third-order valence-electron chi connectivity index (χ3n) is 4.23. The summed E-state index contributed by atoms with van der Waals surface area (Å²) in [6, 6.07) is 15.3. The maximum absolute atomic E-state index is 12.5. The number of hydrogen-bond acceptors (Lipinski definition) is 7. The van der Waals surface area contributed by atoms with Crippen molar-refractivity contribution in [2.24, 2.45) is 7.05 Å². The number of anilines is 1. The average Bonchev–Trinajstić information content (AvgIpc) is 3.40. The van der Waals surface area contributed by atoms with Gasteiger partial charge in [-0.25, -0.2) is 13.4 Å². The van der Waals surface area contributed by atoms with E-state index in [9.17, 15) is 13.7 Å². The van der Waals surface area contributed by atoms with Gasteiger partial charge in [-0.05, 0) is 48.5 Å². The van der Waals surface area contributed by atoms with Crippen molar-refractivity contribution in [3.63, 3.8) is 0 Å². The van der Waals surface area contributed by atoms with E-state index in [1.165, 1.54) is 24.4 Å². The summed E-state index contributed by atoms with van der Waals surface area (Å²) in [6.07, 6.45) is 3.22. The summed E-state index contributed by atoms with van der Waals surface area (Å²) in [5.41, 5.74) is 2.03. The first kappa shape index (κ1) is 19.6. The van der Waals surface area contributed by atoms with Crippen LogP contribution in [-0.2, 0) is 17.1 Å². The molecule has 0 unspecified atom stereocenters.